The standard InChI is InChI=1S/C18H16ClN3O2S/c1-11-16(12(2)22(21-11)13-6-4-3-5-7-13)17(23)18(24)20-10-14-8-9-15(19)25-14/h3-9H,10H2,1-2H3,(H,20,24). The Morgan fingerprint density at radius 3 is 2.52 bits per heavy atom. The lowest BCUT2D eigenvalue weighted by Gasteiger charge is -2.05. The Morgan fingerprint density at radius 1 is 1.16 bits per heavy atom. The average molecular weight is 374 g/mol. The van der Waals surface area contributed by atoms with Crippen molar-refractivity contribution in [2.75, 3.05) is 0 Å². The number of Topliss-reactive ketones (excluding diaryl/α,β-unsaturated/α-hetero) is 1. The van der Waals surface area contributed by atoms with Gasteiger partial charge in [-0.15, -0.1) is 11.3 Å². The molecule has 0 atom stereocenters. The minimum absolute atomic E-state index is 0.271. The third-order valence-corrected chi connectivity index (χ3v) is 5.01. The van der Waals surface area contributed by atoms with Crippen LogP contribution in [0.1, 0.15) is 26.6 Å². The van der Waals surface area contributed by atoms with Crippen molar-refractivity contribution in [2.24, 2.45) is 0 Å². The molecule has 2 aromatic heterocycles. The van der Waals surface area contributed by atoms with Gasteiger partial charge in [-0.05, 0) is 38.1 Å². The van der Waals surface area contributed by atoms with Gasteiger partial charge in [-0.1, -0.05) is 29.8 Å². The molecule has 1 aromatic carbocycles. The summed E-state index contributed by atoms with van der Waals surface area (Å²) in [6, 6.07) is 13.1. The molecular formula is C18H16ClN3O2S. The molecule has 25 heavy (non-hydrogen) atoms. The molecule has 5 nitrogen and oxygen atoms in total. The van der Waals surface area contributed by atoms with Crippen LogP contribution >= 0.6 is 22.9 Å². The van der Waals surface area contributed by atoms with Crippen LogP contribution in [-0.4, -0.2) is 21.5 Å². The maximum atomic E-state index is 12.6. The highest BCUT2D eigenvalue weighted by Gasteiger charge is 2.24. The maximum absolute atomic E-state index is 12.6. The predicted octanol–water partition coefficient (Wildman–Crippen LogP) is 3.70. The first-order chi connectivity index (χ1) is 12.0. The molecule has 0 spiro atoms. The summed E-state index contributed by atoms with van der Waals surface area (Å²) in [7, 11) is 0. The van der Waals surface area contributed by atoms with E-state index in [1.807, 2.05) is 36.4 Å². The van der Waals surface area contributed by atoms with E-state index in [0.29, 0.717) is 21.3 Å². The van der Waals surface area contributed by atoms with E-state index in [-0.39, 0.29) is 6.54 Å². The van der Waals surface area contributed by atoms with E-state index in [1.165, 1.54) is 11.3 Å². The molecule has 0 aliphatic rings. The number of hydrogen-bond acceptors (Lipinski definition) is 4. The van der Waals surface area contributed by atoms with Crippen LogP contribution in [0.4, 0.5) is 0 Å². The molecule has 3 rings (SSSR count). The number of hydrogen-bond donors (Lipinski definition) is 1. The molecule has 0 radical (unpaired) electrons. The van der Waals surface area contributed by atoms with E-state index >= 15 is 0 Å². The number of para-hydroxylation sites is 1. The fourth-order valence-electron chi connectivity index (χ4n) is 2.60. The molecule has 0 aliphatic carbocycles. The monoisotopic (exact) mass is 373 g/mol. The quantitative estimate of drug-likeness (QED) is 0.547. The largest absolute Gasteiger partial charge is 0.344 e. The number of nitrogens with one attached hydrogen (secondary N) is 1. The van der Waals surface area contributed by atoms with Gasteiger partial charge in [0.1, 0.15) is 0 Å². The normalized spacial score (nSPS) is 10.7. The Balaban J connectivity index is 1.80. The molecule has 3 aromatic rings. The first-order valence-electron chi connectivity index (χ1n) is 7.65. The first kappa shape index (κ1) is 17.4. The maximum Gasteiger partial charge on any atom is 0.292 e. The molecule has 0 bridgehead atoms. The van der Waals surface area contributed by atoms with Gasteiger partial charge >= 0.3 is 0 Å². The van der Waals surface area contributed by atoms with E-state index in [0.717, 1.165) is 10.6 Å². The number of aryl methyl sites for hydroxylation is 1. The minimum atomic E-state index is -0.650. The van der Waals surface area contributed by atoms with Crippen LogP contribution in [-0.2, 0) is 11.3 Å². The number of carbonyl (C=O) groups is 2. The molecule has 2 heterocycles. The highest BCUT2D eigenvalue weighted by Crippen LogP contribution is 2.21. The van der Waals surface area contributed by atoms with Crippen molar-refractivity contribution >= 4 is 34.6 Å². The summed E-state index contributed by atoms with van der Waals surface area (Å²) in [4.78, 5) is 25.7. The fourth-order valence-corrected chi connectivity index (χ4v) is 3.63. The van der Waals surface area contributed by atoms with Crippen LogP contribution in [0.2, 0.25) is 4.34 Å². The smallest absolute Gasteiger partial charge is 0.292 e. The highest BCUT2D eigenvalue weighted by atomic mass is 35.5. The molecule has 1 N–H and O–H groups in total. The van der Waals surface area contributed by atoms with Crippen molar-refractivity contribution in [1.29, 1.82) is 0 Å². The summed E-state index contributed by atoms with van der Waals surface area (Å²) < 4.78 is 2.32. The Bertz CT molecular complexity index is 931. The van der Waals surface area contributed by atoms with Crippen molar-refractivity contribution in [2.45, 2.75) is 20.4 Å². The summed E-state index contributed by atoms with van der Waals surface area (Å²) >= 11 is 7.23. The second-order valence-corrected chi connectivity index (χ2v) is 7.31. The molecule has 0 saturated heterocycles. The molecule has 1 amide bonds. The van der Waals surface area contributed by atoms with Crippen molar-refractivity contribution in [3.05, 3.63) is 68.6 Å². The lowest BCUT2D eigenvalue weighted by Crippen LogP contribution is -2.31. The topological polar surface area (TPSA) is 64.0 Å². The van der Waals surface area contributed by atoms with Gasteiger partial charge in [0.25, 0.3) is 11.7 Å². The number of ketones is 1. The van der Waals surface area contributed by atoms with Crippen LogP contribution in [0, 0.1) is 13.8 Å². The number of rotatable bonds is 5. The summed E-state index contributed by atoms with van der Waals surface area (Å²) in [5.74, 6) is -1.23. The Hall–Kier alpha value is -2.44. The van der Waals surface area contributed by atoms with Crippen molar-refractivity contribution in [1.82, 2.24) is 15.1 Å². The summed E-state index contributed by atoms with van der Waals surface area (Å²) in [6.45, 7) is 3.78. The lowest BCUT2D eigenvalue weighted by molar-refractivity contribution is -0.117. The second-order valence-electron chi connectivity index (χ2n) is 5.51. The molecule has 128 valence electrons. The highest BCUT2D eigenvalue weighted by molar-refractivity contribution is 7.16. The van der Waals surface area contributed by atoms with Crippen LogP contribution in [0.15, 0.2) is 42.5 Å². The predicted molar refractivity (Wildman–Crippen MR) is 98.5 cm³/mol. The number of thiophene rings is 1. The lowest BCUT2D eigenvalue weighted by atomic mass is 10.1. The molecule has 0 aliphatic heterocycles. The van der Waals surface area contributed by atoms with Crippen LogP contribution in [0.5, 0.6) is 0 Å². The number of aromatic nitrogens is 2. The summed E-state index contributed by atoms with van der Waals surface area (Å²) in [6.07, 6.45) is 0. The molecule has 0 saturated carbocycles. The van der Waals surface area contributed by atoms with E-state index in [9.17, 15) is 9.59 Å². The first-order valence-corrected chi connectivity index (χ1v) is 8.85. The van der Waals surface area contributed by atoms with Gasteiger partial charge in [-0.25, -0.2) is 4.68 Å². The van der Waals surface area contributed by atoms with Crippen LogP contribution in [0.25, 0.3) is 5.69 Å². The zero-order chi connectivity index (χ0) is 18.0. The zero-order valence-electron chi connectivity index (χ0n) is 13.7. The van der Waals surface area contributed by atoms with Crippen molar-refractivity contribution < 1.29 is 9.59 Å². The van der Waals surface area contributed by atoms with Gasteiger partial charge in [-0.3, -0.25) is 9.59 Å². The number of halogens is 1. The summed E-state index contributed by atoms with van der Waals surface area (Å²) in [5.41, 5.74) is 2.35. The van der Waals surface area contributed by atoms with Crippen LogP contribution in [0.3, 0.4) is 0 Å². The van der Waals surface area contributed by atoms with Crippen molar-refractivity contribution in [3.63, 3.8) is 0 Å². The number of nitrogens with zero attached hydrogens (tertiary/aromatic N) is 2. The number of benzene rings is 1. The van der Waals surface area contributed by atoms with Gasteiger partial charge < -0.3 is 5.32 Å². The Kier molecular flexibility index (Phi) is 5.01. The Labute approximate surface area is 154 Å². The van der Waals surface area contributed by atoms with Gasteiger partial charge in [-0.2, -0.15) is 5.10 Å². The molecule has 7 heteroatoms. The van der Waals surface area contributed by atoms with Gasteiger partial charge in [0.05, 0.1) is 33.5 Å². The zero-order valence-corrected chi connectivity index (χ0v) is 15.3. The van der Waals surface area contributed by atoms with E-state index < -0.39 is 11.7 Å². The fraction of sp³-hybridized carbons (Fsp3) is 0.167. The van der Waals surface area contributed by atoms with Crippen molar-refractivity contribution in [3.8, 4) is 5.69 Å². The number of amides is 1. The van der Waals surface area contributed by atoms with Crippen LogP contribution < -0.4 is 5.32 Å². The average Bonchev–Trinajstić information content (AvgIpc) is 3.15. The van der Waals surface area contributed by atoms with E-state index in [1.54, 1.807) is 24.6 Å². The third-order valence-electron chi connectivity index (χ3n) is 3.78. The van der Waals surface area contributed by atoms with E-state index in [2.05, 4.69) is 10.4 Å². The molecule has 0 unspecified atom stereocenters. The third kappa shape index (κ3) is 3.65. The second kappa shape index (κ2) is 7.21. The van der Waals surface area contributed by atoms with E-state index in [4.69, 9.17) is 11.6 Å². The summed E-state index contributed by atoms with van der Waals surface area (Å²) in [5, 5.41) is 7.05. The molecular weight excluding hydrogens is 358 g/mol. The number of carbonyl (C=O) groups excluding carboxylic acids is 2. The Morgan fingerprint density at radius 2 is 1.88 bits per heavy atom. The minimum Gasteiger partial charge on any atom is -0.344 e. The van der Waals surface area contributed by atoms with Gasteiger partial charge in [0.2, 0.25) is 0 Å². The van der Waals surface area contributed by atoms with Gasteiger partial charge in [0, 0.05) is 4.88 Å². The van der Waals surface area contributed by atoms with Gasteiger partial charge in [0.15, 0.2) is 0 Å². The molecule has 0 fully saturated rings. The SMILES string of the molecule is Cc1nn(-c2ccccc2)c(C)c1C(=O)C(=O)NCc1ccc(Cl)s1.